The number of hydrogen-bond acceptors (Lipinski definition) is 5. The number of H-pyrrole nitrogens is 1. The molecule has 2 aromatic rings. The lowest BCUT2D eigenvalue weighted by Gasteiger charge is -2.10. The van der Waals surface area contributed by atoms with Crippen LogP contribution in [0.1, 0.15) is 5.56 Å². The summed E-state index contributed by atoms with van der Waals surface area (Å²) in [5, 5.41) is 12.4. The number of hydrogen-bond donors (Lipinski definition) is 3. The molecule has 18 heavy (non-hydrogen) atoms. The lowest BCUT2D eigenvalue weighted by molar-refractivity contribution is 0.416. The molecule has 1 aromatic heterocycles. The molecule has 0 fully saturated rings. The van der Waals surface area contributed by atoms with E-state index in [0.29, 0.717) is 11.4 Å². The maximum Gasteiger partial charge on any atom is 0.259 e. The van der Waals surface area contributed by atoms with Crippen LogP contribution in [0.25, 0.3) is 0 Å². The second-order valence-electron chi connectivity index (χ2n) is 3.69. The molecule has 0 aliphatic carbocycles. The highest BCUT2D eigenvalue weighted by atomic mass is 16.5. The Balaban J connectivity index is 2.37. The zero-order chi connectivity index (χ0) is 13.1. The summed E-state index contributed by atoms with van der Waals surface area (Å²) < 4.78 is 5.16. The van der Waals surface area contributed by atoms with Gasteiger partial charge in [-0.1, -0.05) is 12.1 Å². The van der Waals surface area contributed by atoms with E-state index in [0.717, 1.165) is 0 Å². The predicted octanol–water partition coefficient (Wildman–Crippen LogP) is 1.54. The minimum Gasteiger partial charge on any atom is -0.495 e. The Bertz CT molecular complexity index is 622. The number of ether oxygens (including phenoxy) is 1. The van der Waals surface area contributed by atoms with Crippen LogP contribution in [0.5, 0.6) is 11.6 Å². The van der Waals surface area contributed by atoms with E-state index in [9.17, 15) is 9.90 Å². The first kappa shape index (κ1) is 12.0. The van der Waals surface area contributed by atoms with Crippen molar-refractivity contribution in [3.8, 4) is 11.6 Å². The topological polar surface area (TPSA) is 87.2 Å². The first-order valence-electron chi connectivity index (χ1n) is 5.31. The standard InChI is InChI=1S/C12H13N3O3/c1-7-10(16)14-12(15-11(7)17)13-8-5-3-4-6-9(8)18-2/h3-6H,1-2H3,(H3,13,14,15,16,17). The van der Waals surface area contributed by atoms with Crippen LogP contribution in [-0.4, -0.2) is 22.2 Å². The third-order valence-electron chi connectivity index (χ3n) is 2.49. The van der Waals surface area contributed by atoms with Gasteiger partial charge in [-0.3, -0.25) is 9.78 Å². The number of benzene rings is 1. The summed E-state index contributed by atoms with van der Waals surface area (Å²) in [6.07, 6.45) is 0. The molecule has 6 nitrogen and oxygen atoms in total. The van der Waals surface area contributed by atoms with E-state index in [1.807, 2.05) is 12.1 Å². The molecule has 94 valence electrons. The lowest BCUT2D eigenvalue weighted by Crippen LogP contribution is -2.13. The first-order valence-corrected chi connectivity index (χ1v) is 5.31. The van der Waals surface area contributed by atoms with Crippen molar-refractivity contribution in [3.05, 3.63) is 40.2 Å². The molecular weight excluding hydrogens is 234 g/mol. The van der Waals surface area contributed by atoms with E-state index in [1.54, 1.807) is 19.2 Å². The van der Waals surface area contributed by atoms with Gasteiger partial charge in [0.05, 0.1) is 18.4 Å². The third-order valence-corrected chi connectivity index (χ3v) is 2.49. The molecule has 0 aliphatic heterocycles. The van der Waals surface area contributed by atoms with Crippen molar-refractivity contribution in [2.75, 3.05) is 12.4 Å². The van der Waals surface area contributed by atoms with Crippen LogP contribution in [0.4, 0.5) is 11.6 Å². The molecule has 0 spiro atoms. The summed E-state index contributed by atoms with van der Waals surface area (Å²) >= 11 is 0. The maximum absolute atomic E-state index is 11.5. The molecule has 1 aromatic carbocycles. The molecule has 0 amide bonds. The third kappa shape index (κ3) is 2.27. The molecular formula is C12H13N3O3. The summed E-state index contributed by atoms with van der Waals surface area (Å²) in [6.45, 7) is 1.49. The molecule has 0 saturated carbocycles. The number of methoxy groups -OCH3 is 1. The van der Waals surface area contributed by atoms with Crippen LogP contribution in [0, 0.1) is 6.92 Å². The van der Waals surface area contributed by atoms with Gasteiger partial charge in [0.2, 0.25) is 11.8 Å². The zero-order valence-electron chi connectivity index (χ0n) is 10.0. The highest BCUT2D eigenvalue weighted by molar-refractivity contribution is 5.62. The molecule has 0 saturated heterocycles. The Hall–Kier alpha value is -2.50. The summed E-state index contributed by atoms with van der Waals surface area (Å²) in [5.74, 6) is 0.476. The number of anilines is 2. The van der Waals surface area contributed by atoms with Gasteiger partial charge in [0.25, 0.3) is 5.56 Å². The fourth-order valence-electron chi connectivity index (χ4n) is 1.46. The van der Waals surface area contributed by atoms with E-state index < -0.39 is 0 Å². The van der Waals surface area contributed by atoms with Gasteiger partial charge >= 0.3 is 0 Å². The van der Waals surface area contributed by atoms with Gasteiger partial charge in [-0.2, -0.15) is 4.98 Å². The molecule has 0 aliphatic rings. The fraction of sp³-hybridized carbons (Fsp3) is 0.167. The highest BCUT2D eigenvalue weighted by Crippen LogP contribution is 2.25. The zero-order valence-corrected chi connectivity index (χ0v) is 10.0. The summed E-state index contributed by atoms with van der Waals surface area (Å²) in [7, 11) is 1.54. The lowest BCUT2D eigenvalue weighted by atomic mass is 10.3. The van der Waals surface area contributed by atoms with Gasteiger partial charge in [0.1, 0.15) is 5.75 Å². The fourth-order valence-corrected chi connectivity index (χ4v) is 1.46. The molecule has 0 atom stereocenters. The van der Waals surface area contributed by atoms with Crippen molar-refractivity contribution < 1.29 is 9.84 Å². The predicted molar refractivity (Wildman–Crippen MR) is 67.5 cm³/mol. The Labute approximate surface area is 103 Å². The van der Waals surface area contributed by atoms with E-state index in [-0.39, 0.29) is 23.0 Å². The summed E-state index contributed by atoms with van der Waals surface area (Å²) in [6, 6.07) is 7.19. The van der Waals surface area contributed by atoms with Crippen LogP contribution in [-0.2, 0) is 0 Å². The first-order chi connectivity index (χ1) is 8.61. The van der Waals surface area contributed by atoms with Gasteiger partial charge in [0.15, 0.2) is 0 Å². The molecule has 0 unspecified atom stereocenters. The number of para-hydroxylation sites is 2. The Kier molecular flexibility index (Phi) is 3.18. The molecule has 1 heterocycles. The molecule has 6 heteroatoms. The largest absolute Gasteiger partial charge is 0.495 e. The van der Waals surface area contributed by atoms with E-state index in [1.165, 1.54) is 6.92 Å². The van der Waals surface area contributed by atoms with E-state index >= 15 is 0 Å². The number of rotatable bonds is 3. The van der Waals surface area contributed by atoms with E-state index in [4.69, 9.17) is 4.74 Å². The number of aromatic amines is 1. The Morgan fingerprint density at radius 1 is 1.39 bits per heavy atom. The van der Waals surface area contributed by atoms with E-state index in [2.05, 4.69) is 15.3 Å². The van der Waals surface area contributed by atoms with Gasteiger partial charge in [-0.05, 0) is 19.1 Å². The Morgan fingerprint density at radius 3 is 2.78 bits per heavy atom. The minimum absolute atomic E-state index is 0.160. The number of nitrogens with zero attached hydrogens (tertiary/aromatic N) is 1. The second kappa shape index (κ2) is 4.79. The number of nitrogens with one attached hydrogen (secondary N) is 2. The minimum atomic E-state index is -0.389. The van der Waals surface area contributed by atoms with Crippen LogP contribution in [0.2, 0.25) is 0 Å². The molecule has 3 N–H and O–H groups in total. The van der Waals surface area contributed by atoms with Crippen LogP contribution >= 0.6 is 0 Å². The average molecular weight is 247 g/mol. The van der Waals surface area contributed by atoms with Gasteiger partial charge in [-0.15, -0.1) is 0 Å². The molecule has 0 bridgehead atoms. The average Bonchev–Trinajstić information content (AvgIpc) is 2.36. The van der Waals surface area contributed by atoms with Crippen molar-refractivity contribution in [2.45, 2.75) is 6.92 Å². The van der Waals surface area contributed by atoms with Gasteiger partial charge in [0, 0.05) is 0 Å². The smallest absolute Gasteiger partial charge is 0.259 e. The normalized spacial score (nSPS) is 10.1. The monoisotopic (exact) mass is 247 g/mol. The molecule has 2 rings (SSSR count). The summed E-state index contributed by atoms with van der Waals surface area (Å²) in [5.41, 5.74) is 0.437. The molecule has 0 radical (unpaired) electrons. The number of aromatic hydroxyl groups is 1. The van der Waals surface area contributed by atoms with Crippen molar-refractivity contribution in [2.24, 2.45) is 0 Å². The van der Waals surface area contributed by atoms with Gasteiger partial charge < -0.3 is 15.2 Å². The highest BCUT2D eigenvalue weighted by Gasteiger charge is 2.08. The van der Waals surface area contributed by atoms with Crippen LogP contribution in [0.3, 0.4) is 0 Å². The van der Waals surface area contributed by atoms with Gasteiger partial charge in [-0.25, -0.2) is 0 Å². The maximum atomic E-state index is 11.5. The van der Waals surface area contributed by atoms with Crippen LogP contribution in [0.15, 0.2) is 29.1 Å². The summed E-state index contributed by atoms with van der Waals surface area (Å²) in [4.78, 5) is 17.8. The van der Waals surface area contributed by atoms with Crippen LogP contribution < -0.4 is 15.6 Å². The second-order valence-corrected chi connectivity index (χ2v) is 3.69. The van der Waals surface area contributed by atoms with Crippen molar-refractivity contribution in [1.29, 1.82) is 0 Å². The van der Waals surface area contributed by atoms with Crippen molar-refractivity contribution in [3.63, 3.8) is 0 Å². The Morgan fingerprint density at radius 2 is 2.11 bits per heavy atom. The quantitative estimate of drug-likeness (QED) is 0.765. The number of aromatic nitrogens is 2. The SMILES string of the molecule is COc1ccccc1Nc1nc(O)c(C)c(=O)[nH]1. The van der Waals surface area contributed by atoms with Crippen molar-refractivity contribution >= 4 is 11.6 Å². The van der Waals surface area contributed by atoms with Crippen molar-refractivity contribution in [1.82, 2.24) is 9.97 Å².